The molecule has 4 aromatic rings. The van der Waals surface area contributed by atoms with Crippen molar-refractivity contribution in [1.82, 2.24) is 15.0 Å². The molecule has 2 heterocycles. The monoisotopic (exact) mass is 343 g/mol. The van der Waals surface area contributed by atoms with Crippen molar-refractivity contribution < 1.29 is 0 Å². The van der Waals surface area contributed by atoms with Crippen LogP contribution in [0.15, 0.2) is 73.1 Å². The van der Waals surface area contributed by atoms with Gasteiger partial charge in [-0.25, -0.2) is 9.97 Å². The number of fused-ring (bicyclic) bond motifs is 1. The van der Waals surface area contributed by atoms with E-state index in [0.29, 0.717) is 5.95 Å². The van der Waals surface area contributed by atoms with Crippen LogP contribution in [0.1, 0.15) is 23.0 Å². The topological polar surface area (TPSA) is 79.6 Å². The minimum atomic E-state index is -0.333. The highest BCUT2D eigenvalue weighted by Crippen LogP contribution is 2.19. The van der Waals surface area contributed by atoms with Gasteiger partial charge in [-0.2, -0.15) is 0 Å². The molecule has 1 atom stereocenters. The molecular weight excluding hydrogens is 322 g/mol. The molecule has 26 heavy (non-hydrogen) atoms. The minimum absolute atomic E-state index is 0.333. The average molecular weight is 343 g/mol. The molecular formula is C21H21N5. The molecule has 0 fully saturated rings. The number of anilines is 1. The van der Waals surface area contributed by atoms with E-state index in [1.165, 1.54) is 16.5 Å². The number of benzene rings is 2. The Hall–Kier alpha value is -3.18. The number of para-hydroxylation sites is 1. The number of hydrogen-bond donors (Lipinski definition) is 3. The summed E-state index contributed by atoms with van der Waals surface area (Å²) < 4.78 is 0. The van der Waals surface area contributed by atoms with Crippen LogP contribution in [0.3, 0.4) is 0 Å². The summed E-state index contributed by atoms with van der Waals surface area (Å²) in [5.74, 6) is 0.553. The minimum Gasteiger partial charge on any atom is -0.361 e. The fraction of sp³-hybridized carbons (Fsp3) is 0.143. The third-order valence-corrected chi connectivity index (χ3v) is 4.48. The normalized spacial score (nSPS) is 12.2. The molecule has 0 aliphatic carbocycles. The first-order chi connectivity index (χ1) is 12.8. The van der Waals surface area contributed by atoms with Crippen molar-refractivity contribution >= 4 is 16.9 Å². The summed E-state index contributed by atoms with van der Waals surface area (Å²) in [5, 5.41) is 4.44. The SMILES string of the molecule is N[C@H](Nc1nccc(CCc2c[nH]c3ccccc23)n1)c1ccccc1. The zero-order valence-corrected chi connectivity index (χ0v) is 14.4. The molecule has 0 unspecified atom stereocenters. The van der Waals surface area contributed by atoms with Crippen LogP contribution in [-0.2, 0) is 12.8 Å². The maximum absolute atomic E-state index is 6.20. The van der Waals surface area contributed by atoms with Crippen LogP contribution in [0, 0.1) is 0 Å². The lowest BCUT2D eigenvalue weighted by Crippen LogP contribution is -2.21. The molecule has 2 aromatic heterocycles. The number of nitrogens with two attached hydrogens (primary N) is 1. The summed E-state index contributed by atoms with van der Waals surface area (Å²) in [6.07, 6.45) is 5.29. The first-order valence-corrected chi connectivity index (χ1v) is 8.73. The third kappa shape index (κ3) is 3.58. The molecule has 0 amide bonds. The molecule has 0 aliphatic rings. The zero-order valence-electron chi connectivity index (χ0n) is 14.4. The van der Waals surface area contributed by atoms with E-state index < -0.39 is 0 Å². The molecule has 130 valence electrons. The highest BCUT2D eigenvalue weighted by Gasteiger charge is 2.08. The van der Waals surface area contributed by atoms with Gasteiger partial charge in [-0.05, 0) is 36.1 Å². The summed E-state index contributed by atoms with van der Waals surface area (Å²) >= 11 is 0. The molecule has 0 aliphatic heterocycles. The van der Waals surface area contributed by atoms with E-state index in [0.717, 1.165) is 24.1 Å². The maximum Gasteiger partial charge on any atom is 0.224 e. The Kier molecular flexibility index (Phi) is 4.62. The molecule has 0 bridgehead atoms. The van der Waals surface area contributed by atoms with Gasteiger partial charge in [0.1, 0.15) is 6.17 Å². The standard InChI is InChI=1S/C21H21N5/c22-20(15-6-2-1-3-7-15)26-21-23-13-12-17(25-21)11-10-16-14-24-19-9-5-4-8-18(16)19/h1-9,12-14,20,24H,10-11,22H2,(H,23,25,26)/t20-/m1/s1. The van der Waals surface area contributed by atoms with Gasteiger partial charge in [0.2, 0.25) is 5.95 Å². The fourth-order valence-corrected chi connectivity index (χ4v) is 3.09. The molecule has 0 spiro atoms. The van der Waals surface area contributed by atoms with E-state index in [4.69, 9.17) is 5.73 Å². The highest BCUT2D eigenvalue weighted by atomic mass is 15.2. The Morgan fingerprint density at radius 2 is 1.77 bits per heavy atom. The zero-order chi connectivity index (χ0) is 17.8. The summed E-state index contributed by atoms with van der Waals surface area (Å²) in [6, 6.07) is 20.2. The van der Waals surface area contributed by atoms with E-state index in [9.17, 15) is 0 Å². The number of H-pyrrole nitrogens is 1. The van der Waals surface area contributed by atoms with Crippen molar-refractivity contribution in [3.8, 4) is 0 Å². The maximum atomic E-state index is 6.20. The van der Waals surface area contributed by atoms with E-state index in [2.05, 4.69) is 44.7 Å². The molecule has 4 N–H and O–H groups in total. The van der Waals surface area contributed by atoms with E-state index in [1.807, 2.05) is 42.5 Å². The average Bonchev–Trinajstić information content (AvgIpc) is 3.10. The Balaban J connectivity index is 1.44. The summed E-state index contributed by atoms with van der Waals surface area (Å²) in [7, 11) is 0. The van der Waals surface area contributed by atoms with Gasteiger partial charge in [-0.3, -0.25) is 0 Å². The fourth-order valence-electron chi connectivity index (χ4n) is 3.09. The van der Waals surface area contributed by atoms with E-state index in [1.54, 1.807) is 6.20 Å². The Morgan fingerprint density at radius 1 is 0.962 bits per heavy atom. The number of aromatic amines is 1. The quantitative estimate of drug-likeness (QED) is 0.465. The van der Waals surface area contributed by atoms with Crippen LogP contribution in [0.25, 0.3) is 10.9 Å². The molecule has 0 radical (unpaired) electrons. The van der Waals surface area contributed by atoms with Gasteiger partial charge in [-0.15, -0.1) is 0 Å². The Morgan fingerprint density at radius 3 is 2.65 bits per heavy atom. The molecule has 4 rings (SSSR count). The molecule has 0 saturated heterocycles. The van der Waals surface area contributed by atoms with Crippen LogP contribution in [0.4, 0.5) is 5.95 Å². The largest absolute Gasteiger partial charge is 0.361 e. The molecule has 5 heteroatoms. The smallest absolute Gasteiger partial charge is 0.224 e. The first kappa shape index (κ1) is 16.3. The van der Waals surface area contributed by atoms with Gasteiger partial charge in [0, 0.05) is 29.0 Å². The Bertz CT molecular complexity index is 993. The number of hydrogen-bond acceptors (Lipinski definition) is 4. The van der Waals surface area contributed by atoms with Crippen molar-refractivity contribution in [3.63, 3.8) is 0 Å². The predicted molar refractivity (Wildman–Crippen MR) is 105 cm³/mol. The van der Waals surface area contributed by atoms with Gasteiger partial charge >= 0.3 is 0 Å². The lowest BCUT2D eigenvalue weighted by molar-refractivity contribution is 0.808. The van der Waals surface area contributed by atoms with Crippen molar-refractivity contribution in [2.75, 3.05) is 5.32 Å². The second-order valence-electron chi connectivity index (χ2n) is 6.26. The van der Waals surface area contributed by atoms with Gasteiger partial charge in [0.05, 0.1) is 0 Å². The lowest BCUT2D eigenvalue weighted by Gasteiger charge is -2.14. The second kappa shape index (κ2) is 7.37. The van der Waals surface area contributed by atoms with Crippen LogP contribution < -0.4 is 11.1 Å². The summed E-state index contributed by atoms with van der Waals surface area (Å²) in [6.45, 7) is 0. The van der Waals surface area contributed by atoms with Gasteiger partial charge in [0.15, 0.2) is 0 Å². The number of nitrogens with zero attached hydrogens (tertiary/aromatic N) is 2. The van der Waals surface area contributed by atoms with Crippen LogP contribution in [0.5, 0.6) is 0 Å². The van der Waals surface area contributed by atoms with E-state index >= 15 is 0 Å². The lowest BCUT2D eigenvalue weighted by atomic mass is 10.1. The second-order valence-corrected chi connectivity index (χ2v) is 6.26. The highest BCUT2D eigenvalue weighted by molar-refractivity contribution is 5.83. The van der Waals surface area contributed by atoms with Gasteiger partial charge in [0.25, 0.3) is 0 Å². The third-order valence-electron chi connectivity index (χ3n) is 4.48. The van der Waals surface area contributed by atoms with Crippen molar-refractivity contribution in [2.45, 2.75) is 19.0 Å². The number of nitrogens with one attached hydrogen (secondary N) is 2. The predicted octanol–water partition coefficient (Wildman–Crippen LogP) is 3.81. The van der Waals surface area contributed by atoms with Crippen molar-refractivity contribution in [1.29, 1.82) is 0 Å². The summed E-state index contributed by atoms with van der Waals surface area (Å²) in [5.41, 5.74) is 10.7. The number of aromatic nitrogens is 3. The van der Waals surface area contributed by atoms with Crippen molar-refractivity contribution in [3.05, 3.63) is 89.9 Å². The van der Waals surface area contributed by atoms with Crippen LogP contribution in [-0.4, -0.2) is 15.0 Å². The number of rotatable bonds is 6. The van der Waals surface area contributed by atoms with Crippen molar-refractivity contribution in [2.24, 2.45) is 5.73 Å². The summed E-state index contributed by atoms with van der Waals surface area (Å²) in [4.78, 5) is 12.2. The molecule has 0 saturated carbocycles. The molecule has 2 aromatic carbocycles. The Labute approximate surface area is 152 Å². The molecule has 5 nitrogen and oxygen atoms in total. The first-order valence-electron chi connectivity index (χ1n) is 8.73. The van der Waals surface area contributed by atoms with E-state index in [-0.39, 0.29) is 6.17 Å². The van der Waals surface area contributed by atoms with Gasteiger partial charge < -0.3 is 16.0 Å². The van der Waals surface area contributed by atoms with Crippen LogP contribution >= 0.6 is 0 Å². The number of aryl methyl sites for hydroxylation is 2. The van der Waals surface area contributed by atoms with Crippen LogP contribution in [0.2, 0.25) is 0 Å². The van der Waals surface area contributed by atoms with Gasteiger partial charge in [-0.1, -0.05) is 48.5 Å².